The lowest BCUT2D eigenvalue weighted by atomic mass is 9.70. The van der Waals surface area contributed by atoms with Crippen LogP contribution in [0.15, 0.2) is 84.9 Å². The lowest BCUT2D eigenvalue weighted by Crippen LogP contribution is -2.24. The van der Waals surface area contributed by atoms with Crippen molar-refractivity contribution in [3.05, 3.63) is 107 Å². The molecule has 0 radical (unpaired) electrons. The number of hydrogen-bond acceptors (Lipinski definition) is 2. The zero-order valence-corrected chi connectivity index (χ0v) is 29.3. The van der Waals surface area contributed by atoms with E-state index in [1.807, 2.05) is 36.4 Å². The van der Waals surface area contributed by atoms with Crippen molar-refractivity contribution < 1.29 is 9.42 Å². The molecule has 0 heterocycles. The van der Waals surface area contributed by atoms with Gasteiger partial charge in [-0.05, 0) is 78.8 Å². The summed E-state index contributed by atoms with van der Waals surface area (Å²) in [6, 6.07) is 29.5. The molecule has 0 aromatic heterocycles. The minimum absolute atomic E-state index is 0.0254. The summed E-state index contributed by atoms with van der Waals surface area (Å²) < 4.78 is 6.58. The van der Waals surface area contributed by atoms with E-state index < -0.39 is 8.38 Å². The molecule has 0 fully saturated rings. The molecule has 4 aromatic rings. The van der Waals surface area contributed by atoms with Gasteiger partial charge < -0.3 is 9.42 Å². The second-order valence-corrected chi connectivity index (χ2v) is 17.1. The maximum Gasteiger partial charge on any atom is 0.262 e. The Kier molecular flexibility index (Phi) is 9.10. The van der Waals surface area contributed by atoms with E-state index in [0.29, 0.717) is 5.75 Å². The predicted molar refractivity (Wildman–Crippen MR) is 188 cm³/mol. The maximum atomic E-state index is 11.4. The van der Waals surface area contributed by atoms with E-state index in [9.17, 15) is 4.89 Å². The number of hydrogen-bond donors (Lipinski definition) is 1. The van der Waals surface area contributed by atoms with Gasteiger partial charge in [0.1, 0.15) is 5.75 Å². The van der Waals surface area contributed by atoms with Gasteiger partial charge in [-0.2, -0.15) is 0 Å². The molecule has 0 saturated heterocycles. The smallest absolute Gasteiger partial charge is 0.262 e. The summed E-state index contributed by atoms with van der Waals surface area (Å²) in [6.45, 7) is 27.6. The van der Waals surface area contributed by atoms with Crippen molar-refractivity contribution in [3.8, 4) is 28.0 Å². The molecule has 4 rings (SSSR count). The Morgan fingerprint density at radius 2 is 0.907 bits per heavy atom. The standard InChI is InChI=1S/C40H51O2P/c1-37(2,3)31-24-16-22-29(35(31)39(7,8)9)28-21-18-26-33(42-43(41)27-19-14-13-15-20-27)34(28)30-23-17-25-32(38(4,5)6)36(30)40(10,11)12/h13-26,41H,1-12H3. The van der Waals surface area contributed by atoms with Crippen LogP contribution in [0.3, 0.4) is 0 Å². The largest absolute Gasteiger partial charge is 0.443 e. The fourth-order valence-electron chi connectivity index (χ4n) is 6.21. The highest BCUT2D eigenvalue weighted by atomic mass is 31.2. The summed E-state index contributed by atoms with van der Waals surface area (Å²) in [5.74, 6) is 0.701. The monoisotopic (exact) mass is 594 g/mol. The van der Waals surface area contributed by atoms with Crippen molar-refractivity contribution >= 4 is 13.7 Å². The van der Waals surface area contributed by atoms with Crippen LogP contribution in [0.25, 0.3) is 22.3 Å². The quantitative estimate of drug-likeness (QED) is 0.233. The highest BCUT2D eigenvalue weighted by Gasteiger charge is 2.33. The third-order valence-corrected chi connectivity index (χ3v) is 9.10. The highest BCUT2D eigenvalue weighted by molar-refractivity contribution is 7.55. The van der Waals surface area contributed by atoms with Gasteiger partial charge in [-0.3, -0.25) is 0 Å². The van der Waals surface area contributed by atoms with Gasteiger partial charge >= 0.3 is 0 Å². The minimum Gasteiger partial charge on any atom is -0.443 e. The molecule has 0 aliphatic carbocycles. The SMILES string of the molecule is CC(C)(C)c1cccc(-c2cccc(OP(O)c3ccccc3)c2-c2cccc(C(C)(C)C)c2C(C)(C)C)c1C(C)(C)C. The molecule has 4 aromatic carbocycles. The second kappa shape index (κ2) is 11.9. The van der Waals surface area contributed by atoms with E-state index in [2.05, 4.69) is 132 Å². The fourth-order valence-corrected chi connectivity index (χ4v) is 7.09. The Morgan fingerprint density at radius 3 is 1.40 bits per heavy atom. The van der Waals surface area contributed by atoms with E-state index in [1.54, 1.807) is 0 Å². The molecule has 0 spiro atoms. The lowest BCUT2D eigenvalue weighted by molar-refractivity contribution is 0.500. The van der Waals surface area contributed by atoms with Gasteiger partial charge in [0, 0.05) is 10.9 Å². The first-order valence-electron chi connectivity index (χ1n) is 15.5. The van der Waals surface area contributed by atoms with Crippen LogP contribution < -0.4 is 9.83 Å². The van der Waals surface area contributed by atoms with Crippen molar-refractivity contribution in [2.75, 3.05) is 0 Å². The van der Waals surface area contributed by atoms with Gasteiger partial charge in [0.2, 0.25) is 0 Å². The molecule has 3 heteroatoms. The normalized spacial score (nSPS) is 13.6. The molecular weight excluding hydrogens is 543 g/mol. The number of benzene rings is 4. The van der Waals surface area contributed by atoms with E-state index in [-0.39, 0.29) is 21.7 Å². The number of rotatable bonds is 5. The van der Waals surface area contributed by atoms with Crippen molar-refractivity contribution in [1.29, 1.82) is 0 Å². The molecule has 2 nitrogen and oxygen atoms in total. The van der Waals surface area contributed by atoms with Crippen LogP contribution >= 0.6 is 8.38 Å². The zero-order valence-electron chi connectivity index (χ0n) is 28.4. The third kappa shape index (κ3) is 7.08. The van der Waals surface area contributed by atoms with E-state index >= 15 is 0 Å². The fraction of sp³-hybridized carbons (Fsp3) is 0.400. The molecule has 0 aliphatic heterocycles. The minimum atomic E-state index is -1.86. The molecule has 0 bridgehead atoms. The highest BCUT2D eigenvalue weighted by Crippen LogP contribution is 2.51. The summed E-state index contributed by atoms with van der Waals surface area (Å²) in [5, 5.41) is 0.790. The lowest BCUT2D eigenvalue weighted by Gasteiger charge is -2.35. The van der Waals surface area contributed by atoms with Crippen LogP contribution in [0.2, 0.25) is 0 Å². The van der Waals surface area contributed by atoms with Gasteiger partial charge in [0.15, 0.2) is 0 Å². The average molecular weight is 595 g/mol. The molecule has 1 N–H and O–H groups in total. The Hall–Kier alpha value is -2.93. The first kappa shape index (κ1) is 33.0. The van der Waals surface area contributed by atoms with Crippen molar-refractivity contribution in [1.82, 2.24) is 0 Å². The first-order valence-corrected chi connectivity index (χ1v) is 16.7. The third-order valence-electron chi connectivity index (χ3n) is 7.99. The van der Waals surface area contributed by atoms with E-state index in [0.717, 1.165) is 22.0 Å². The Bertz CT molecular complexity index is 1570. The van der Waals surface area contributed by atoms with Crippen LogP contribution in [-0.2, 0) is 21.7 Å². The second-order valence-electron chi connectivity index (χ2n) is 15.8. The Labute approximate surface area is 262 Å². The first-order chi connectivity index (χ1) is 19.8. The Morgan fingerprint density at radius 1 is 0.465 bits per heavy atom. The van der Waals surface area contributed by atoms with E-state index in [4.69, 9.17) is 4.52 Å². The van der Waals surface area contributed by atoms with Gasteiger partial charge in [0.25, 0.3) is 8.38 Å². The molecule has 1 atom stereocenters. The molecule has 0 aliphatic rings. The van der Waals surface area contributed by atoms with Gasteiger partial charge in [0.05, 0.1) is 0 Å². The summed E-state index contributed by atoms with van der Waals surface area (Å²) >= 11 is 0. The van der Waals surface area contributed by atoms with Crippen LogP contribution in [0.4, 0.5) is 0 Å². The molecule has 43 heavy (non-hydrogen) atoms. The molecule has 0 amide bonds. The van der Waals surface area contributed by atoms with Gasteiger partial charge in [-0.1, -0.05) is 150 Å². The molecule has 1 unspecified atom stereocenters. The molecular formula is C40H51O2P. The summed E-state index contributed by atoms with van der Waals surface area (Å²) in [6.07, 6.45) is 0. The summed E-state index contributed by atoms with van der Waals surface area (Å²) in [7, 11) is -1.86. The van der Waals surface area contributed by atoms with Crippen molar-refractivity contribution in [2.45, 2.75) is 105 Å². The average Bonchev–Trinajstić information content (AvgIpc) is 2.90. The van der Waals surface area contributed by atoms with Crippen LogP contribution in [0, 0.1) is 0 Å². The predicted octanol–water partition coefficient (Wildman–Crippen LogP) is 11.2. The van der Waals surface area contributed by atoms with Gasteiger partial charge in [-0.25, -0.2) is 0 Å². The van der Waals surface area contributed by atoms with Crippen LogP contribution in [0.5, 0.6) is 5.75 Å². The van der Waals surface area contributed by atoms with Crippen LogP contribution in [-0.4, -0.2) is 4.89 Å². The topological polar surface area (TPSA) is 29.5 Å². The zero-order chi connectivity index (χ0) is 32.0. The maximum absolute atomic E-state index is 11.4. The van der Waals surface area contributed by atoms with Crippen molar-refractivity contribution in [3.63, 3.8) is 0 Å². The molecule has 228 valence electrons. The summed E-state index contributed by atoms with van der Waals surface area (Å²) in [4.78, 5) is 11.4. The van der Waals surface area contributed by atoms with Crippen LogP contribution in [0.1, 0.15) is 105 Å². The molecule has 0 saturated carbocycles. The van der Waals surface area contributed by atoms with E-state index in [1.165, 1.54) is 27.8 Å². The Balaban J connectivity index is 2.16. The van der Waals surface area contributed by atoms with Crippen molar-refractivity contribution in [2.24, 2.45) is 0 Å². The summed E-state index contributed by atoms with van der Waals surface area (Å²) in [5.41, 5.74) is 9.56. The van der Waals surface area contributed by atoms with Gasteiger partial charge in [-0.15, -0.1) is 0 Å².